The minimum atomic E-state index is -0.134. The van der Waals surface area contributed by atoms with Crippen molar-refractivity contribution in [3.05, 3.63) is 64.4 Å². The normalized spacial score (nSPS) is 10.9. The van der Waals surface area contributed by atoms with Gasteiger partial charge in [-0.15, -0.1) is 0 Å². The number of ether oxygens (including phenoxy) is 1. The van der Waals surface area contributed by atoms with E-state index in [4.69, 9.17) is 4.74 Å². The Morgan fingerprint density at radius 3 is 2.71 bits per heavy atom. The van der Waals surface area contributed by atoms with E-state index in [2.05, 4.69) is 10.3 Å². The number of aromatic nitrogens is 2. The van der Waals surface area contributed by atoms with E-state index < -0.39 is 0 Å². The largest absolute Gasteiger partial charge is 0.385 e. The average Bonchev–Trinajstić information content (AvgIpc) is 2.70. The number of fused-ring (bicyclic) bond motifs is 1. The van der Waals surface area contributed by atoms with Crippen molar-refractivity contribution in [3.8, 4) is 0 Å². The van der Waals surface area contributed by atoms with Crippen LogP contribution >= 0.6 is 11.8 Å². The lowest BCUT2D eigenvalue weighted by Crippen LogP contribution is -2.25. The summed E-state index contributed by atoms with van der Waals surface area (Å²) in [4.78, 5) is 29.9. The maximum atomic E-state index is 12.9. The molecule has 1 aromatic heterocycles. The topological polar surface area (TPSA) is 73.2 Å². The Bertz CT molecular complexity index is 1030. The van der Waals surface area contributed by atoms with E-state index in [0.717, 1.165) is 11.3 Å². The van der Waals surface area contributed by atoms with Gasteiger partial charge in [0.25, 0.3) is 5.56 Å². The van der Waals surface area contributed by atoms with E-state index in [0.29, 0.717) is 35.6 Å². The van der Waals surface area contributed by atoms with Crippen LogP contribution in [0.5, 0.6) is 0 Å². The number of thioether (sulfide) groups is 1. The van der Waals surface area contributed by atoms with Crippen molar-refractivity contribution in [1.29, 1.82) is 0 Å². The Morgan fingerprint density at radius 1 is 1.18 bits per heavy atom. The number of hydrogen-bond donors (Lipinski definition) is 1. The van der Waals surface area contributed by atoms with E-state index in [-0.39, 0.29) is 17.2 Å². The van der Waals surface area contributed by atoms with Crippen LogP contribution in [-0.4, -0.2) is 34.9 Å². The van der Waals surface area contributed by atoms with E-state index in [9.17, 15) is 9.59 Å². The Labute approximate surface area is 167 Å². The lowest BCUT2D eigenvalue weighted by atomic mass is 10.2. The smallest absolute Gasteiger partial charge is 0.262 e. The molecule has 0 fully saturated rings. The first-order valence-corrected chi connectivity index (χ1v) is 10.1. The molecule has 0 bridgehead atoms. The molecule has 0 atom stereocenters. The molecule has 0 radical (unpaired) electrons. The lowest BCUT2D eigenvalue weighted by Gasteiger charge is -2.13. The summed E-state index contributed by atoms with van der Waals surface area (Å²) in [5.74, 6) is 0.0359. The van der Waals surface area contributed by atoms with Crippen LogP contribution in [0.3, 0.4) is 0 Å². The number of para-hydroxylation sites is 2. The van der Waals surface area contributed by atoms with Gasteiger partial charge in [-0.1, -0.05) is 42.1 Å². The van der Waals surface area contributed by atoms with Crippen molar-refractivity contribution in [2.24, 2.45) is 0 Å². The summed E-state index contributed by atoms with van der Waals surface area (Å²) in [6.07, 6.45) is 0.694. The number of methoxy groups -OCH3 is 1. The summed E-state index contributed by atoms with van der Waals surface area (Å²) in [6, 6.07) is 14.9. The van der Waals surface area contributed by atoms with Crippen LogP contribution in [0.25, 0.3) is 10.9 Å². The predicted octanol–water partition coefficient (Wildman–Crippen LogP) is 3.47. The fourth-order valence-corrected chi connectivity index (χ4v) is 3.68. The van der Waals surface area contributed by atoms with Crippen molar-refractivity contribution < 1.29 is 9.53 Å². The number of nitrogens with zero attached hydrogens (tertiary/aromatic N) is 2. The van der Waals surface area contributed by atoms with Gasteiger partial charge in [0, 0.05) is 25.9 Å². The van der Waals surface area contributed by atoms with Gasteiger partial charge in [0.05, 0.1) is 16.7 Å². The van der Waals surface area contributed by atoms with Crippen molar-refractivity contribution in [2.75, 3.05) is 24.8 Å². The maximum absolute atomic E-state index is 12.9. The van der Waals surface area contributed by atoms with Crippen molar-refractivity contribution in [1.82, 2.24) is 9.55 Å². The van der Waals surface area contributed by atoms with Gasteiger partial charge in [0.1, 0.15) is 0 Å². The molecule has 1 heterocycles. The molecule has 0 aliphatic rings. The zero-order valence-corrected chi connectivity index (χ0v) is 16.8. The number of rotatable bonds is 8. The third-order valence-electron chi connectivity index (χ3n) is 4.31. The Morgan fingerprint density at radius 2 is 1.93 bits per heavy atom. The second kappa shape index (κ2) is 9.52. The number of aryl methyl sites for hydroxylation is 1. The number of carbonyl (C=O) groups is 1. The van der Waals surface area contributed by atoms with E-state index in [1.165, 1.54) is 11.8 Å². The Hall–Kier alpha value is -2.64. The molecule has 0 saturated heterocycles. The zero-order valence-electron chi connectivity index (χ0n) is 16.0. The van der Waals surface area contributed by atoms with Crippen LogP contribution in [0.1, 0.15) is 12.0 Å². The molecule has 28 heavy (non-hydrogen) atoms. The Kier molecular flexibility index (Phi) is 6.84. The molecule has 0 aliphatic heterocycles. The van der Waals surface area contributed by atoms with Crippen molar-refractivity contribution in [3.63, 3.8) is 0 Å². The van der Waals surface area contributed by atoms with Gasteiger partial charge in [-0.25, -0.2) is 4.98 Å². The molecule has 1 N–H and O–H groups in total. The standard InChI is InChI=1S/C21H23N3O3S/c1-15-8-3-5-10-17(15)22-19(25)14-28-21-23-18-11-6-4-9-16(18)20(26)24(21)12-7-13-27-2/h3-6,8-11H,7,12-14H2,1-2H3,(H,22,25). The second-order valence-electron chi connectivity index (χ2n) is 6.37. The Balaban J connectivity index is 1.80. The highest BCUT2D eigenvalue weighted by atomic mass is 32.2. The van der Waals surface area contributed by atoms with E-state index in [1.807, 2.05) is 49.4 Å². The summed E-state index contributed by atoms with van der Waals surface area (Å²) in [6.45, 7) is 2.99. The zero-order chi connectivity index (χ0) is 19.9. The second-order valence-corrected chi connectivity index (χ2v) is 7.31. The van der Waals surface area contributed by atoms with Crippen LogP contribution < -0.4 is 10.9 Å². The minimum absolute atomic E-state index is 0.0940. The van der Waals surface area contributed by atoms with Gasteiger partial charge < -0.3 is 10.1 Å². The van der Waals surface area contributed by atoms with Crippen molar-refractivity contribution in [2.45, 2.75) is 25.0 Å². The first kappa shape index (κ1) is 20.1. The van der Waals surface area contributed by atoms with E-state index in [1.54, 1.807) is 17.7 Å². The molecular weight excluding hydrogens is 374 g/mol. The third-order valence-corrected chi connectivity index (χ3v) is 5.28. The summed E-state index contributed by atoms with van der Waals surface area (Å²) < 4.78 is 6.73. The fraction of sp³-hybridized carbons (Fsp3) is 0.286. The molecule has 146 valence electrons. The maximum Gasteiger partial charge on any atom is 0.262 e. The van der Waals surface area contributed by atoms with Crippen LogP contribution in [0.15, 0.2) is 58.5 Å². The number of carbonyl (C=O) groups excluding carboxylic acids is 1. The van der Waals surface area contributed by atoms with Gasteiger partial charge in [0.2, 0.25) is 5.91 Å². The molecule has 0 unspecified atom stereocenters. The van der Waals surface area contributed by atoms with Crippen LogP contribution in [0.4, 0.5) is 5.69 Å². The highest BCUT2D eigenvalue weighted by Gasteiger charge is 2.13. The fourth-order valence-electron chi connectivity index (χ4n) is 2.85. The van der Waals surface area contributed by atoms with E-state index >= 15 is 0 Å². The minimum Gasteiger partial charge on any atom is -0.385 e. The molecule has 0 aliphatic carbocycles. The molecule has 3 aromatic rings. The average molecular weight is 398 g/mol. The highest BCUT2D eigenvalue weighted by Crippen LogP contribution is 2.19. The number of hydrogen-bond acceptors (Lipinski definition) is 5. The third kappa shape index (κ3) is 4.79. The van der Waals surface area contributed by atoms with Gasteiger partial charge in [-0.3, -0.25) is 14.2 Å². The number of amides is 1. The number of benzene rings is 2. The molecule has 0 spiro atoms. The number of anilines is 1. The summed E-state index contributed by atoms with van der Waals surface area (Å²) in [7, 11) is 1.63. The molecule has 6 nitrogen and oxygen atoms in total. The highest BCUT2D eigenvalue weighted by molar-refractivity contribution is 7.99. The molecule has 0 saturated carbocycles. The van der Waals surface area contributed by atoms with Crippen LogP contribution in [0, 0.1) is 6.92 Å². The predicted molar refractivity (Wildman–Crippen MR) is 113 cm³/mol. The van der Waals surface area contributed by atoms with Gasteiger partial charge in [-0.05, 0) is 37.1 Å². The van der Waals surface area contributed by atoms with Gasteiger partial charge in [0.15, 0.2) is 5.16 Å². The molecule has 2 aromatic carbocycles. The molecular formula is C21H23N3O3S. The first-order valence-electron chi connectivity index (χ1n) is 9.07. The van der Waals surface area contributed by atoms with Crippen LogP contribution in [-0.2, 0) is 16.1 Å². The monoisotopic (exact) mass is 397 g/mol. The SMILES string of the molecule is COCCCn1c(SCC(=O)Nc2ccccc2C)nc2ccccc2c1=O. The molecule has 3 rings (SSSR count). The summed E-state index contributed by atoms with van der Waals surface area (Å²) in [5.41, 5.74) is 2.33. The molecule has 1 amide bonds. The van der Waals surface area contributed by atoms with Crippen molar-refractivity contribution >= 4 is 34.3 Å². The molecule has 7 heteroatoms. The van der Waals surface area contributed by atoms with Gasteiger partial charge in [-0.2, -0.15) is 0 Å². The summed E-state index contributed by atoms with van der Waals surface area (Å²) in [5, 5.41) is 4.03. The van der Waals surface area contributed by atoms with Crippen LogP contribution in [0.2, 0.25) is 0 Å². The first-order chi connectivity index (χ1) is 13.6. The van der Waals surface area contributed by atoms with Gasteiger partial charge >= 0.3 is 0 Å². The summed E-state index contributed by atoms with van der Waals surface area (Å²) >= 11 is 1.27. The quantitative estimate of drug-likeness (QED) is 0.358. The number of nitrogens with one attached hydrogen (secondary N) is 1. The lowest BCUT2D eigenvalue weighted by molar-refractivity contribution is -0.113.